The Hall–Kier alpha value is -3.13. The third-order valence-electron chi connectivity index (χ3n) is 6.34. The molecule has 0 N–H and O–H groups in total. The Morgan fingerprint density at radius 1 is 0.909 bits per heavy atom. The summed E-state index contributed by atoms with van der Waals surface area (Å²) in [6, 6.07) is 16.8. The normalized spacial score (nSPS) is 15.6. The second-order valence-electron chi connectivity index (χ2n) is 8.75. The van der Waals surface area contributed by atoms with Gasteiger partial charge in [-0.3, -0.25) is 4.90 Å². The Morgan fingerprint density at radius 3 is 2.30 bits per heavy atom. The lowest BCUT2D eigenvalue weighted by atomic mass is 10.0. The van der Waals surface area contributed by atoms with Crippen LogP contribution in [0, 0.1) is 5.92 Å². The van der Waals surface area contributed by atoms with Gasteiger partial charge in [0.1, 0.15) is 0 Å². The summed E-state index contributed by atoms with van der Waals surface area (Å²) in [6.07, 6.45) is 0.811. The summed E-state index contributed by atoms with van der Waals surface area (Å²) in [7, 11) is 3.31. The number of nitrogens with zero attached hydrogens (tertiary/aromatic N) is 6. The lowest BCUT2D eigenvalue weighted by Crippen LogP contribution is -2.49. The van der Waals surface area contributed by atoms with Crippen LogP contribution in [-0.2, 0) is 13.0 Å². The molecular formula is C25H34N6O2. The zero-order valence-corrected chi connectivity index (χ0v) is 20.0. The minimum atomic E-state index is 0.184. The maximum absolute atomic E-state index is 5.44. The van der Waals surface area contributed by atoms with Crippen LogP contribution in [0.5, 0.6) is 11.5 Å². The maximum atomic E-state index is 5.44. The first-order chi connectivity index (χ1) is 16.1. The Kier molecular flexibility index (Phi) is 7.44. The van der Waals surface area contributed by atoms with Crippen molar-refractivity contribution in [2.75, 3.05) is 45.3 Å². The van der Waals surface area contributed by atoms with Crippen molar-refractivity contribution in [3.8, 4) is 11.5 Å². The molecule has 2 aromatic carbocycles. The van der Waals surface area contributed by atoms with Gasteiger partial charge in [-0.1, -0.05) is 38.1 Å². The Bertz CT molecular complexity index is 1010. The maximum Gasteiger partial charge on any atom is 0.168 e. The number of piperazine rings is 1. The average Bonchev–Trinajstić information content (AvgIpc) is 3.31. The number of aromatic nitrogens is 4. The van der Waals surface area contributed by atoms with Crippen molar-refractivity contribution in [2.24, 2.45) is 5.92 Å². The van der Waals surface area contributed by atoms with E-state index < -0.39 is 0 Å². The molecule has 2 heterocycles. The number of tetrazole rings is 1. The first kappa shape index (κ1) is 23.0. The fourth-order valence-electron chi connectivity index (χ4n) is 4.63. The minimum Gasteiger partial charge on any atom is -0.493 e. The topological polar surface area (TPSA) is 68.5 Å². The van der Waals surface area contributed by atoms with Gasteiger partial charge in [-0.15, -0.1) is 5.10 Å². The van der Waals surface area contributed by atoms with E-state index in [1.165, 1.54) is 5.69 Å². The lowest BCUT2D eigenvalue weighted by Gasteiger charge is -2.41. The molecular weight excluding hydrogens is 416 g/mol. The molecule has 0 radical (unpaired) electrons. The van der Waals surface area contributed by atoms with Crippen LogP contribution >= 0.6 is 0 Å². The first-order valence-corrected chi connectivity index (χ1v) is 11.6. The number of aryl methyl sites for hydroxylation is 2. The summed E-state index contributed by atoms with van der Waals surface area (Å²) in [5.41, 5.74) is 2.45. The molecule has 176 valence electrons. The van der Waals surface area contributed by atoms with Gasteiger partial charge < -0.3 is 14.4 Å². The van der Waals surface area contributed by atoms with Gasteiger partial charge in [0.25, 0.3) is 0 Å². The molecule has 1 unspecified atom stereocenters. The standard InChI is InChI=1S/C25H34N6O2/c1-19(2)24(30-16-14-29(15-17-30)21-8-6-5-7-9-21)25-26-27-28-31(25)13-12-20-10-11-22(32-3)23(18-20)33-4/h5-11,18-19,24H,12-17H2,1-4H3. The first-order valence-electron chi connectivity index (χ1n) is 11.6. The molecule has 0 saturated carbocycles. The van der Waals surface area contributed by atoms with Gasteiger partial charge in [0.2, 0.25) is 0 Å². The third-order valence-corrected chi connectivity index (χ3v) is 6.34. The zero-order chi connectivity index (χ0) is 23.2. The molecule has 1 atom stereocenters. The quantitative estimate of drug-likeness (QED) is 0.495. The highest BCUT2D eigenvalue weighted by Gasteiger charge is 2.31. The van der Waals surface area contributed by atoms with Crippen LogP contribution in [0.1, 0.15) is 31.3 Å². The van der Waals surface area contributed by atoms with Crippen LogP contribution in [0.2, 0.25) is 0 Å². The SMILES string of the molecule is COc1ccc(CCn2nnnc2C(C(C)C)N2CCN(c3ccccc3)CC2)cc1OC. The Balaban J connectivity index is 1.44. The van der Waals surface area contributed by atoms with E-state index in [-0.39, 0.29) is 6.04 Å². The molecule has 4 rings (SSSR count). The molecule has 0 amide bonds. The second kappa shape index (κ2) is 10.7. The molecule has 0 aliphatic carbocycles. The van der Waals surface area contributed by atoms with E-state index in [1.54, 1.807) is 14.2 Å². The van der Waals surface area contributed by atoms with E-state index in [0.717, 1.165) is 55.5 Å². The van der Waals surface area contributed by atoms with E-state index in [2.05, 4.69) is 75.6 Å². The van der Waals surface area contributed by atoms with Crippen molar-refractivity contribution in [3.05, 3.63) is 59.9 Å². The number of anilines is 1. The van der Waals surface area contributed by atoms with E-state index in [1.807, 2.05) is 16.8 Å². The molecule has 0 spiro atoms. The van der Waals surface area contributed by atoms with Crippen LogP contribution in [0.4, 0.5) is 5.69 Å². The third kappa shape index (κ3) is 5.27. The van der Waals surface area contributed by atoms with E-state index in [4.69, 9.17) is 9.47 Å². The molecule has 1 aliphatic heterocycles. The number of rotatable bonds is 9. The largest absolute Gasteiger partial charge is 0.493 e. The summed E-state index contributed by atoms with van der Waals surface area (Å²) >= 11 is 0. The fourth-order valence-corrected chi connectivity index (χ4v) is 4.63. The van der Waals surface area contributed by atoms with Crippen LogP contribution in [0.25, 0.3) is 0 Å². The number of benzene rings is 2. The van der Waals surface area contributed by atoms with Gasteiger partial charge in [0, 0.05) is 38.4 Å². The zero-order valence-electron chi connectivity index (χ0n) is 20.0. The highest BCUT2D eigenvalue weighted by Crippen LogP contribution is 2.30. The van der Waals surface area contributed by atoms with Crippen molar-refractivity contribution in [3.63, 3.8) is 0 Å². The molecule has 0 bridgehead atoms. The summed E-state index contributed by atoms with van der Waals surface area (Å²) in [5, 5.41) is 12.8. The van der Waals surface area contributed by atoms with Crippen LogP contribution in [0.3, 0.4) is 0 Å². The fraction of sp³-hybridized carbons (Fsp3) is 0.480. The van der Waals surface area contributed by atoms with Crippen LogP contribution in [-0.4, -0.2) is 65.5 Å². The molecule has 1 aromatic heterocycles. The predicted octanol–water partition coefficient (Wildman–Crippen LogP) is 3.45. The highest BCUT2D eigenvalue weighted by molar-refractivity contribution is 5.46. The number of hydrogen-bond donors (Lipinski definition) is 0. The highest BCUT2D eigenvalue weighted by atomic mass is 16.5. The van der Waals surface area contributed by atoms with Crippen molar-refractivity contribution < 1.29 is 9.47 Å². The molecule has 1 aliphatic rings. The molecule has 8 heteroatoms. The monoisotopic (exact) mass is 450 g/mol. The van der Waals surface area contributed by atoms with Crippen LogP contribution in [0.15, 0.2) is 48.5 Å². The number of hydrogen-bond acceptors (Lipinski definition) is 7. The van der Waals surface area contributed by atoms with E-state index >= 15 is 0 Å². The van der Waals surface area contributed by atoms with E-state index in [0.29, 0.717) is 12.5 Å². The summed E-state index contributed by atoms with van der Waals surface area (Å²) < 4.78 is 12.8. The number of methoxy groups -OCH3 is 2. The predicted molar refractivity (Wildman–Crippen MR) is 129 cm³/mol. The summed E-state index contributed by atoms with van der Waals surface area (Å²) in [6.45, 7) is 9.19. The summed E-state index contributed by atoms with van der Waals surface area (Å²) in [5.74, 6) is 2.82. The van der Waals surface area contributed by atoms with E-state index in [9.17, 15) is 0 Å². The van der Waals surface area contributed by atoms with Gasteiger partial charge in [-0.2, -0.15) is 0 Å². The molecule has 1 saturated heterocycles. The second-order valence-corrected chi connectivity index (χ2v) is 8.75. The van der Waals surface area contributed by atoms with Gasteiger partial charge in [0.15, 0.2) is 17.3 Å². The smallest absolute Gasteiger partial charge is 0.168 e. The minimum absolute atomic E-state index is 0.184. The summed E-state index contributed by atoms with van der Waals surface area (Å²) in [4.78, 5) is 4.98. The van der Waals surface area contributed by atoms with Crippen LogP contribution < -0.4 is 14.4 Å². The van der Waals surface area contributed by atoms with Gasteiger partial charge in [0.05, 0.1) is 20.3 Å². The average molecular weight is 451 g/mol. The van der Waals surface area contributed by atoms with Crippen molar-refractivity contribution in [1.82, 2.24) is 25.1 Å². The Morgan fingerprint density at radius 2 is 1.64 bits per heavy atom. The van der Waals surface area contributed by atoms with Gasteiger partial charge in [-0.05, 0) is 52.6 Å². The van der Waals surface area contributed by atoms with Crippen molar-refractivity contribution in [1.29, 1.82) is 0 Å². The van der Waals surface area contributed by atoms with Crippen molar-refractivity contribution in [2.45, 2.75) is 32.9 Å². The number of ether oxygens (including phenoxy) is 2. The number of para-hydroxylation sites is 1. The van der Waals surface area contributed by atoms with Gasteiger partial charge >= 0.3 is 0 Å². The van der Waals surface area contributed by atoms with Crippen molar-refractivity contribution >= 4 is 5.69 Å². The molecule has 1 fully saturated rings. The molecule has 8 nitrogen and oxygen atoms in total. The Labute approximate surface area is 196 Å². The molecule has 3 aromatic rings. The lowest BCUT2D eigenvalue weighted by molar-refractivity contribution is 0.134. The van der Waals surface area contributed by atoms with Gasteiger partial charge in [-0.25, -0.2) is 4.68 Å². The molecule has 33 heavy (non-hydrogen) atoms.